The number of nitrogens with zero attached hydrogens (tertiary/aromatic N) is 2. The second kappa shape index (κ2) is 7.36. The Bertz CT molecular complexity index is 755. The molecule has 1 aromatic heterocycles. The number of carboxylic acid groups (broad SMARTS) is 1. The van der Waals surface area contributed by atoms with Crippen molar-refractivity contribution >= 4 is 17.8 Å². The third kappa shape index (κ3) is 4.63. The highest BCUT2D eigenvalue weighted by Crippen LogP contribution is 2.17. The Hall–Kier alpha value is -3.23. The third-order valence-corrected chi connectivity index (χ3v) is 3.11. The van der Waals surface area contributed by atoms with Crippen LogP contribution < -0.4 is 11.1 Å². The highest BCUT2D eigenvalue weighted by molar-refractivity contribution is 5.96. The van der Waals surface area contributed by atoms with Gasteiger partial charge in [-0.25, -0.2) is 0 Å². The smallest absolute Gasteiger partial charge is 0.305 e. The number of carboxylic acids is 1. The monoisotopic (exact) mass is 332 g/mol. The maximum absolute atomic E-state index is 12.3. The fraction of sp³-hybridized carbons (Fsp3) is 0.267. The first-order chi connectivity index (χ1) is 11.3. The van der Waals surface area contributed by atoms with Gasteiger partial charge in [-0.05, 0) is 12.1 Å². The van der Waals surface area contributed by atoms with Crippen molar-refractivity contribution in [1.82, 2.24) is 15.5 Å². The van der Waals surface area contributed by atoms with Crippen LogP contribution in [-0.2, 0) is 9.59 Å². The molecule has 0 fully saturated rings. The minimum absolute atomic E-state index is 0.262. The zero-order valence-corrected chi connectivity index (χ0v) is 12.9. The van der Waals surface area contributed by atoms with Crippen LogP contribution in [0.3, 0.4) is 0 Å². The number of nitrogens with one attached hydrogen (secondary N) is 1. The average Bonchev–Trinajstić information content (AvgIpc) is 2.92. The molecule has 0 aliphatic carbocycles. The van der Waals surface area contributed by atoms with Gasteiger partial charge in [0.05, 0.1) is 6.42 Å². The first kappa shape index (κ1) is 17.1. The third-order valence-electron chi connectivity index (χ3n) is 3.11. The van der Waals surface area contributed by atoms with Gasteiger partial charge in [-0.1, -0.05) is 17.3 Å². The highest BCUT2D eigenvalue weighted by atomic mass is 16.5. The minimum Gasteiger partial charge on any atom is -0.481 e. The Kier molecular flexibility index (Phi) is 5.25. The fourth-order valence-corrected chi connectivity index (χ4v) is 2.11. The fourth-order valence-electron chi connectivity index (χ4n) is 2.11. The number of hydrogen-bond acceptors (Lipinski definition) is 6. The van der Waals surface area contributed by atoms with E-state index in [0.717, 1.165) is 0 Å². The number of benzene rings is 1. The number of hydrogen-bond donors (Lipinski definition) is 3. The Labute approximate surface area is 136 Å². The molecule has 2 aromatic rings. The summed E-state index contributed by atoms with van der Waals surface area (Å²) in [6.45, 7) is 1.65. The van der Waals surface area contributed by atoms with Crippen LogP contribution in [0.25, 0.3) is 11.4 Å². The number of aromatic nitrogens is 2. The van der Waals surface area contributed by atoms with E-state index < -0.39 is 30.2 Å². The van der Waals surface area contributed by atoms with Crippen LogP contribution in [0, 0.1) is 6.92 Å². The van der Waals surface area contributed by atoms with Crippen LogP contribution in [-0.4, -0.2) is 39.1 Å². The van der Waals surface area contributed by atoms with Gasteiger partial charge in [-0.2, -0.15) is 4.98 Å². The molecule has 0 radical (unpaired) electrons. The molecule has 0 spiro atoms. The van der Waals surface area contributed by atoms with Gasteiger partial charge in [0.15, 0.2) is 0 Å². The van der Waals surface area contributed by atoms with E-state index in [1.807, 2.05) is 0 Å². The van der Waals surface area contributed by atoms with Crippen LogP contribution in [0.5, 0.6) is 0 Å². The van der Waals surface area contributed by atoms with Crippen molar-refractivity contribution < 1.29 is 24.0 Å². The van der Waals surface area contributed by atoms with E-state index in [9.17, 15) is 14.4 Å². The van der Waals surface area contributed by atoms with Gasteiger partial charge in [0, 0.05) is 30.5 Å². The van der Waals surface area contributed by atoms with Crippen molar-refractivity contribution in [2.75, 3.05) is 0 Å². The summed E-state index contributed by atoms with van der Waals surface area (Å²) in [5.74, 6) is -1.64. The number of aryl methyl sites for hydroxylation is 1. The second-order valence-electron chi connectivity index (χ2n) is 5.16. The van der Waals surface area contributed by atoms with E-state index in [-0.39, 0.29) is 12.0 Å². The van der Waals surface area contributed by atoms with E-state index in [1.165, 1.54) is 0 Å². The number of nitrogens with two attached hydrogens (primary N) is 1. The average molecular weight is 332 g/mol. The molecule has 1 unspecified atom stereocenters. The van der Waals surface area contributed by atoms with E-state index in [1.54, 1.807) is 31.2 Å². The molecule has 1 atom stereocenters. The first-order valence-corrected chi connectivity index (χ1v) is 7.07. The molecular formula is C15H16N4O5. The topological polar surface area (TPSA) is 148 Å². The molecule has 0 bridgehead atoms. The Morgan fingerprint density at radius 2 is 2.08 bits per heavy atom. The normalized spacial score (nSPS) is 11.7. The van der Waals surface area contributed by atoms with Crippen LogP contribution in [0.1, 0.15) is 29.1 Å². The summed E-state index contributed by atoms with van der Waals surface area (Å²) >= 11 is 0. The molecule has 2 rings (SSSR count). The van der Waals surface area contributed by atoms with Gasteiger partial charge in [-0.15, -0.1) is 0 Å². The lowest BCUT2D eigenvalue weighted by Crippen LogP contribution is -2.39. The largest absolute Gasteiger partial charge is 0.481 e. The predicted molar refractivity (Wildman–Crippen MR) is 81.8 cm³/mol. The zero-order valence-electron chi connectivity index (χ0n) is 12.9. The number of aliphatic carboxylic acids is 1. The molecule has 0 aliphatic heterocycles. The SMILES string of the molecule is Cc1nc(-c2cccc(C(=O)NC(CC(N)=O)CC(=O)O)c2)no1. The predicted octanol–water partition coefficient (Wildman–Crippen LogP) is 0.494. The summed E-state index contributed by atoms with van der Waals surface area (Å²) in [4.78, 5) is 38.2. The van der Waals surface area contributed by atoms with E-state index in [0.29, 0.717) is 17.3 Å². The summed E-state index contributed by atoms with van der Waals surface area (Å²) in [6, 6.07) is 5.55. The first-order valence-electron chi connectivity index (χ1n) is 7.07. The molecular weight excluding hydrogens is 316 g/mol. The number of rotatable bonds is 7. The highest BCUT2D eigenvalue weighted by Gasteiger charge is 2.19. The molecule has 9 nitrogen and oxygen atoms in total. The quantitative estimate of drug-likeness (QED) is 0.668. The van der Waals surface area contributed by atoms with Crippen molar-refractivity contribution in [2.45, 2.75) is 25.8 Å². The molecule has 2 amide bonds. The lowest BCUT2D eigenvalue weighted by Gasteiger charge is -2.15. The summed E-state index contributed by atoms with van der Waals surface area (Å²) < 4.78 is 4.89. The van der Waals surface area contributed by atoms with Crippen LogP contribution >= 0.6 is 0 Å². The minimum atomic E-state index is -1.14. The van der Waals surface area contributed by atoms with E-state index in [4.69, 9.17) is 15.4 Å². The molecule has 1 aromatic carbocycles. The van der Waals surface area contributed by atoms with Crippen molar-refractivity contribution in [3.8, 4) is 11.4 Å². The lowest BCUT2D eigenvalue weighted by molar-refractivity contribution is -0.137. The van der Waals surface area contributed by atoms with Crippen LogP contribution in [0.2, 0.25) is 0 Å². The van der Waals surface area contributed by atoms with Gasteiger partial charge in [0.25, 0.3) is 5.91 Å². The molecule has 126 valence electrons. The molecule has 1 heterocycles. The van der Waals surface area contributed by atoms with Gasteiger partial charge in [0.1, 0.15) is 0 Å². The van der Waals surface area contributed by atoms with Crippen molar-refractivity contribution in [2.24, 2.45) is 5.73 Å². The standard InChI is InChI=1S/C15H16N4O5/c1-8-17-14(19-24-8)9-3-2-4-10(5-9)15(23)18-11(6-12(16)20)7-13(21)22/h2-5,11H,6-7H2,1H3,(H2,16,20)(H,18,23)(H,21,22). The Balaban J connectivity index is 2.16. The maximum Gasteiger partial charge on any atom is 0.305 e. The summed E-state index contributed by atoms with van der Waals surface area (Å²) in [6.07, 6.45) is -0.666. The number of amides is 2. The van der Waals surface area contributed by atoms with Gasteiger partial charge < -0.3 is 20.7 Å². The summed E-state index contributed by atoms with van der Waals surface area (Å²) in [7, 11) is 0. The summed E-state index contributed by atoms with van der Waals surface area (Å²) in [5.41, 5.74) is 5.92. The van der Waals surface area contributed by atoms with Crippen molar-refractivity contribution in [3.63, 3.8) is 0 Å². The van der Waals surface area contributed by atoms with Crippen molar-refractivity contribution in [3.05, 3.63) is 35.7 Å². The number of carbonyl (C=O) groups excluding carboxylic acids is 2. The van der Waals surface area contributed by atoms with Crippen LogP contribution in [0.15, 0.2) is 28.8 Å². The van der Waals surface area contributed by atoms with Gasteiger partial charge >= 0.3 is 5.97 Å². The number of primary amides is 1. The van der Waals surface area contributed by atoms with Gasteiger partial charge in [0.2, 0.25) is 17.6 Å². The molecule has 24 heavy (non-hydrogen) atoms. The van der Waals surface area contributed by atoms with E-state index >= 15 is 0 Å². The molecule has 9 heteroatoms. The lowest BCUT2D eigenvalue weighted by atomic mass is 10.1. The van der Waals surface area contributed by atoms with Crippen LogP contribution in [0.4, 0.5) is 0 Å². The maximum atomic E-state index is 12.3. The van der Waals surface area contributed by atoms with E-state index in [2.05, 4.69) is 15.5 Å². The number of carbonyl (C=O) groups is 3. The summed E-state index contributed by atoms with van der Waals surface area (Å²) in [5, 5.41) is 15.1. The molecule has 0 aliphatic rings. The molecule has 0 saturated carbocycles. The Morgan fingerprint density at radius 3 is 2.67 bits per heavy atom. The van der Waals surface area contributed by atoms with Crippen molar-refractivity contribution in [1.29, 1.82) is 0 Å². The Morgan fingerprint density at radius 1 is 1.33 bits per heavy atom. The van der Waals surface area contributed by atoms with Gasteiger partial charge in [-0.3, -0.25) is 14.4 Å². The zero-order chi connectivity index (χ0) is 17.7. The molecule has 4 N–H and O–H groups in total. The molecule has 0 saturated heterocycles. The second-order valence-corrected chi connectivity index (χ2v) is 5.16.